The normalized spacial score (nSPS) is 24.1. The molecule has 1 N–H and O–H groups in total. The number of nitrogens with one attached hydrogen (secondary N) is 1. The first-order valence-electron chi connectivity index (χ1n) is 6.92. The molecule has 2 aliphatic heterocycles. The van der Waals surface area contributed by atoms with Crippen molar-refractivity contribution in [3.8, 4) is 0 Å². The second kappa shape index (κ2) is 5.65. The Kier molecular flexibility index (Phi) is 3.86. The predicted molar refractivity (Wildman–Crippen MR) is 80.6 cm³/mol. The van der Waals surface area contributed by atoms with Gasteiger partial charge in [-0.15, -0.1) is 11.8 Å². The standard InChI is InChI=1S/C14H17N3O3S/c1-21-13-3-2-9(4-12(13)17(19)20)14(18)16-7-10-5-15-6-11(10)8-16/h2-4,10-11,15H,5-8H2,1H3/t10-,11+. The van der Waals surface area contributed by atoms with Gasteiger partial charge in [0, 0.05) is 37.8 Å². The molecule has 1 aromatic rings. The van der Waals surface area contributed by atoms with Crippen LogP contribution < -0.4 is 5.32 Å². The Bertz CT molecular complexity index is 581. The van der Waals surface area contributed by atoms with Crippen LogP contribution in [-0.4, -0.2) is 48.2 Å². The van der Waals surface area contributed by atoms with E-state index in [2.05, 4.69) is 5.32 Å². The highest BCUT2D eigenvalue weighted by atomic mass is 32.2. The van der Waals surface area contributed by atoms with Crippen molar-refractivity contribution in [2.45, 2.75) is 4.90 Å². The van der Waals surface area contributed by atoms with Crippen molar-refractivity contribution in [3.05, 3.63) is 33.9 Å². The lowest BCUT2D eigenvalue weighted by atomic mass is 10.0. The number of hydrogen-bond donors (Lipinski definition) is 1. The Morgan fingerprint density at radius 2 is 2.05 bits per heavy atom. The van der Waals surface area contributed by atoms with Gasteiger partial charge in [-0.25, -0.2) is 0 Å². The molecular weight excluding hydrogens is 290 g/mol. The average molecular weight is 307 g/mol. The molecule has 0 radical (unpaired) electrons. The number of nitrogens with zero attached hydrogens (tertiary/aromatic N) is 2. The van der Waals surface area contributed by atoms with Crippen LogP contribution in [0.15, 0.2) is 23.1 Å². The van der Waals surface area contributed by atoms with Crippen LogP contribution in [0.5, 0.6) is 0 Å². The van der Waals surface area contributed by atoms with Crippen molar-refractivity contribution >= 4 is 23.4 Å². The van der Waals surface area contributed by atoms with E-state index >= 15 is 0 Å². The third-order valence-electron chi connectivity index (χ3n) is 4.30. The van der Waals surface area contributed by atoms with Crippen molar-refractivity contribution in [2.75, 3.05) is 32.4 Å². The minimum atomic E-state index is -0.425. The Morgan fingerprint density at radius 3 is 2.62 bits per heavy atom. The van der Waals surface area contributed by atoms with Gasteiger partial charge in [0.2, 0.25) is 0 Å². The molecule has 0 bridgehead atoms. The summed E-state index contributed by atoms with van der Waals surface area (Å²) in [4.78, 5) is 25.6. The van der Waals surface area contributed by atoms with Crippen LogP contribution in [0.1, 0.15) is 10.4 Å². The quantitative estimate of drug-likeness (QED) is 0.521. The fraction of sp³-hybridized carbons (Fsp3) is 0.500. The first-order chi connectivity index (χ1) is 10.1. The summed E-state index contributed by atoms with van der Waals surface area (Å²) >= 11 is 1.32. The van der Waals surface area contributed by atoms with Crippen LogP contribution in [0, 0.1) is 22.0 Å². The van der Waals surface area contributed by atoms with Gasteiger partial charge in [-0.05, 0) is 30.2 Å². The van der Waals surface area contributed by atoms with E-state index < -0.39 is 4.92 Å². The molecule has 0 saturated carbocycles. The van der Waals surface area contributed by atoms with Gasteiger partial charge < -0.3 is 10.2 Å². The van der Waals surface area contributed by atoms with Crippen molar-refractivity contribution in [2.24, 2.45) is 11.8 Å². The van der Waals surface area contributed by atoms with Crippen LogP contribution in [0.4, 0.5) is 5.69 Å². The zero-order chi connectivity index (χ0) is 15.0. The van der Waals surface area contributed by atoms with Crippen molar-refractivity contribution < 1.29 is 9.72 Å². The molecule has 0 aromatic heterocycles. The number of thioether (sulfide) groups is 1. The second-order valence-electron chi connectivity index (χ2n) is 5.53. The topological polar surface area (TPSA) is 75.5 Å². The van der Waals surface area contributed by atoms with Crippen LogP contribution in [0.25, 0.3) is 0 Å². The first kappa shape index (κ1) is 14.3. The summed E-state index contributed by atoms with van der Waals surface area (Å²) in [5, 5.41) is 14.4. The number of likely N-dealkylation sites (tertiary alicyclic amines) is 1. The lowest BCUT2D eigenvalue weighted by molar-refractivity contribution is -0.387. The van der Waals surface area contributed by atoms with E-state index in [0.29, 0.717) is 22.3 Å². The summed E-state index contributed by atoms with van der Waals surface area (Å²) in [5.41, 5.74) is 0.418. The third kappa shape index (κ3) is 2.63. The molecule has 2 fully saturated rings. The summed E-state index contributed by atoms with van der Waals surface area (Å²) in [6.07, 6.45) is 1.79. The van der Waals surface area contributed by atoms with Crippen LogP contribution in [-0.2, 0) is 0 Å². The molecule has 0 spiro atoms. The maximum atomic E-state index is 12.5. The van der Waals surface area contributed by atoms with Crippen LogP contribution >= 0.6 is 11.8 Å². The van der Waals surface area contributed by atoms with Crippen molar-refractivity contribution in [1.82, 2.24) is 10.2 Å². The SMILES string of the molecule is CSc1ccc(C(=O)N2C[C@H]3CNC[C@H]3C2)cc1[N+](=O)[O-]. The average Bonchev–Trinajstić information content (AvgIpc) is 3.06. The smallest absolute Gasteiger partial charge is 0.283 e. The third-order valence-corrected chi connectivity index (χ3v) is 5.08. The molecule has 0 aliphatic carbocycles. The van der Waals surface area contributed by atoms with Gasteiger partial charge in [-0.2, -0.15) is 0 Å². The lowest BCUT2D eigenvalue weighted by Crippen LogP contribution is -2.31. The Morgan fingerprint density at radius 1 is 1.38 bits per heavy atom. The molecule has 2 saturated heterocycles. The van der Waals surface area contributed by atoms with E-state index in [0.717, 1.165) is 26.2 Å². The van der Waals surface area contributed by atoms with Crippen LogP contribution in [0.2, 0.25) is 0 Å². The molecule has 2 atom stereocenters. The number of benzene rings is 1. The molecule has 7 heteroatoms. The summed E-state index contributed by atoms with van der Waals surface area (Å²) in [7, 11) is 0. The summed E-state index contributed by atoms with van der Waals surface area (Å²) < 4.78 is 0. The Labute approximate surface area is 127 Å². The lowest BCUT2D eigenvalue weighted by Gasteiger charge is -2.17. The monoisotopic (exact) mass is 307 g/mol. The minimum absolute atomic E-state index is 0.00871. The molecule has 112 valence electrons. The number of carbonyl (C=O) groups excluding carboxylic acids is 1. The van der Waals surface area contributed by atoms with E-state index in [-0.39, 0.29) is 11.6 Å². The summed E-state index contributed by atoms with van der Waals surface area (Å²) in [6.45, 7) is 3.41. The molecule has 1 amide bonds. The fourth-order valence-corrected chi connectivity index (χ4v) is 3.72. The zero-order valence-corrected chi connectivity index (χ0v) is 12.6. The van der Waals surface area contributed by atoms with Crippen molar-refractivity contribution in [1.29, 1.82) is 0 Å². The largest absolute Gasteiger partial charge is 0.338 e. The number of nitro groups is 1. The van der Waals surface area contributed by atoms with Gasteiger partial charge >= 0.3 is 0 Å². The number of hydrogen-bond acceptors (Lipinski definition) is 5. The molecule has 2 heterocycles. The second-order valence-corrected chi connectivity index (χ2v) is 6.38. The molecule has 3 rings (SSSR count). The van der Waals surface area contributed by atoms with Gasteiger partial charge in [0.05, 0.1) is 9.82 Å². The number of nitro benzene ring substituents is 1. The van der Waals surface area contributed by atoms with Crippen molar-refractivity contribution in [3.63, 3.8) is 0 Å². The minimum Gasteiger partial charge on any atom is -0.338 e. The van der Waals surface area contributed by atoms with Gasteiger partial charge in [0.25, 0.3) is 11.6 Å². The van der Waals surface area contributed by atoms with E-state index in [9.17, 15) is 14.9 Å². The van der Waals surface area contributed by atoms with E-state index in [4.69, 9.17) is 0 Å². The number of rotatable bonds is 3. The number of amides is 1. The van der Waals surface area contributed by atoms with Crippen LogP contribution in [0.3, 0.4) is 0 Å². The number of carbonyl (C=O) groups is 1. The van der Waals surface area contributed by atoms with Gasteiger partial charge in [-0.3, -0.25) is 14.9 Å². The Balaban J connectivity index is 1.82. The maximum absolute atomic E-state index is 12.5. The molecule has 0 unspecified atom stereocenters. The highest BCUT2D eigenvalue weighted by molar-refractivity contribution is 7.98. The highest BCUT2D eigenvalue weighted by Crippen LogP contribution is 2.31. The molecule has 1 aromatic carbocycles. The van der Waals surface area contributed by atoms with Gasteiger partial charge in [0.15, 0.2) is 0 Å². The van der Waals surface area contributed by atoms with Gasteiger partial charge in [-0.1, -0.05) is 0 Å². The predicted octanol–water partition coefficient (Wildman–Crippen LogP) is 1.61. The number of fused-ring (bicyclic) bond motifs is 1. The first-order valence-corrected chi connectivity index (χ1v) is 8.15. The molecular formula is C14H17N3O3S. The fourth-order valence-electron chi connectivity index (χ4n) is 3.17. The van der Waals surface area contributed by atoms with Gasteiger partial charge in [0.1, 0.15) is 0 Å². The maximum Gasteiger partial charge on any atom is 0.283 e. The Hall–Kier alpha value is -1.60. The summed E-state index contributed by atoms with van der Waals surface area (Å²) in [6, 6.07) is 4.75. The molecule has 6 nitrogen and oxygen atoms in total. The van der Waals surface area contributed by atoms with E-state index in [1.54, 1.807) is 18.4 Å². The van der Waals surface area contributed by atoms with E-state index in [1.165, 1.54) is 17.8 Å². The zero-order valence-electron chi connectivity index (χ0n) is 11.7. The van der Waals surface area contributed by atoms with E-state index in [1.807, 2.05) is 4.90 Å². The molecule has 21 heavy (non-hydrogen) atoms. The molecule has 2 aliphatic rings. The summed E-state index contributed by atoms with van der Waals surface area (Å²) in [5.74, 6) is 0.948. The highest BCUT2D eigenvalue weighted by Gasteiger charge is 2.38.